The van der Waals surface area contributed by atoms with Gasteiger partial charge in [0.1, 0.15) is 5.75 Å². The summed E-state index contributed by atoms with van der Waals surface area (Å²) in [6, 6.07) is 9.88. The third kappa shape index (κ3) is 5.09. The van der Waals surface area contributed by atoms with E-state index in [1.54, 1.807) is 6.92 Å². The Morgan fingerprint density at radius 1 is 0.893 bits per heavy atom. The molecule has 0 heterocycles. The summed E-state index contributed by atoms with van der Waals surface area (Å²) in [5, 5.41) is 2.82. The first kappa shape index (κ1) is 21.0. The Kier molecular flexibility index (Phi) is 6.76. The Hall–Kier alpha value is -3.35. The zero-order valence-electron chi connectivity index (χ0n) is 16.5. The quantitative estimate of drug-likeness (QED) is 0.768. The summed E-state index contributed by atoms with van der Waals surface area (Å²) < 4.78 is 15.0. The predicted molar refractivity (Wildman–Crippen MR) is 104 cm³/mol. The number of esters is 2. The largest absolute Gasteiger partial charge is 0.481 e. The second kappa shape index (κ2) is 9.03. The molecule has 148 valence electrons. The lowest BCUT2D eigenvalue weighted by molar-refractivity contribution is -0.122. The highest BCUT2D eigenvalue weighted by atomic mass is 16.5. The zero-order chi connectivity index (χ0) is 20.8. The van der Waals surface area contributed by atoms with Crippen LogP contribution >= 0.6 is 0 Å². The smallest absolute Gasteiger partial charge is 0.338 e. The van der Waals surface area contributed by atoms with Crippen molar-refractivity contribution < 1.29 is 28.6 Å². The molecule has 7 nitrogen and oxygen atoms in total. The summed E-state index contributed by atoms with van der Waals surface area (Å²) in [5.74, 6) is -1.46. The maximum atomic E-state index is 12.5. The highest BCUT2D eigenvalue weighted by Crippen LogP contribution is 2.21. The molecule has 0 aliphatic heterocycles. The molecular weight excluding hydrogens is 362 g/mol. The lowest BCUT2D eigenvalue weighted by atomic mass is 10.1. The summed E-state index contributed by atoms with van der Waals surface area (Å²) in [5.41, 5.74) is 2.86. The van der Waals surface area contributed by atoms with Gasteiger partial charge >= 0.3 is 11.9 Å². The van der Waals surface area contributed by atoms with Crippen molar-refractivity contribution in [1.82, 2.24) is 0 Å². The van der Waals surface area contributed by atoms with Crippen LogP contribution in [0.15, 0.2) is 36.4 Å². The summed E-state index contributed by atoms with van der Waals surface area (Å²) in [4.78, 5) is 36.2. The molecule has 0 fully saturated rings. The molecule has 1 N–H and O–H groups in total. The van der Waals surface area contributed by atoms with Gasteiger partial charge in [0.15, 0.2) is 6.10 Å². The molecule has 1 amide bonds. The molecule has 2 rings (SSSR count). The van der Waals surface area contributed by atoms with E-state index in [0.29, 0.717) is 5.69 Å². The molecule has 0 spiro atoms. The zero-order valence-corrected chi connectivity index (χ0v) is 16.5. The minimum Gasteiger partial charge on any atom is -0.481 e. The monoisotopic (exact) mass is 385 g/mol. The maximum Gasteiger partial charge on any atom is 0.338 e. The normalized spacial score (nSPS) is 11.3. The Bertz CT molecular complexity index is 872. The van der Waals surface area contributed by atoms with Crippen LogP contribution in [-0.4, -0.2) is 38.2 Å². The Balaban J connectivity index is 2.22. The summed E-state index contributed by atoms with van der Waals surface area (Å²) in [6.45, 7) is 5.40. The Labute approximate surface area is 163 Å². The van der Waals surface area contributed by atoms with Gasteiger partial charge in [-0.2, -0.15) is 0 Å². The number of rotatable bonds is 6. The number of carbonyl (C=O) groups is 3. The standard InChI is InChI=1S/C21H23NO6/c1-12-6-7-13(2)18(8-12)22-19(23)14(3)28-17-10-15(20(24)26-4)9-16(11-17)21(25)27-5/h6-11,14H,1-5H3,(H,22,23)/t14-/m1/s1. The summed E-state index contributed by atoms with van der Waals surface area (Å²) in [6.07, 6.45) is -0.877. The van der Waals surface area contributed by atoms with E-state index in [-0.39, 0.29) is 22.8 Å². The Morgan fingerprint density at radius 2 is 1.46 bits per heavy atom. The number of carbonyl (C=O) groups excluding carboxylic acids is 3. The molecule has 0 unspecified atom stereocenters. The number of hydrogen-bond acceptors (Lipinski definition) is 6. The van der Waals surface area contributed by atoms with Gasteiger partial charge < -0.3 is 19.5 Å². The first-order valence-electron chi connectivity index (χ1n) is 8.61. The van der Waals surface area contributed by atoms with Crippen LogP contribution in [0.4, 0.5) is 5.69 Å². The molecule has 0 radical (unpaired) electrons. The molecule has 0 aliphatic carbocycles. The predicted octanol–water partition coefficient (Wildman–Crippen LogP) is 3.28. The van der Waals surface area contributed by atoms with Crippen molar-refractivity contribution in [1.29, 1.82) is 0 Å². The van der Waals surface area contributed by atoms with E-state index >= 15 is 0 Å². The number of anilines is 1. The second-order valence-corrected chi connectivity index (χ2v) is 6.30. The average Bonchev–Trinajstić information content (AvgIpc) is 2.68. The third-order valence-corrected chi connectivity index (χ3v) is 4.08. The van der Waals surface area contributed by atoms with Crippen LogP contribution in [0.25, 0.3) is 0 Å². The maximum absolute atomic E-state index is 12.5. The van der Waals surface area contributed by atoms with Crippen LogP contribution in [0.5, 0.6) is 5.75 Å². The van der Waals surface area contributed by atoms with Crippen LogP contribution in [-0.2, 0) is 14.3 Å². The lowest BCUT2D eigenvalue weighted by Gasteiger charge is -2.17. The van der Waals surface area contributed by atoms with E-state index in [9.17, 15) is 14.4 Å². The van der Waals surface area contributed by atoms with Crippen molar-refractivity contribution in [3.63, 3.8) is 0 Å². The molecule has 0 saturated heterocycles. The topological polar surface area (TPSA) is 90.9 Å². The fraction of sp³-hybridized carbons (Fsp3) is 0.286. The van der Waals surface area contributed by atoms with Crippen molar-refractivity contribution in [3.8, 4) is 5.75 Å². The highest BCUT2D eigenvalue weighted by Gasteiger charge is 2.19. The summed E-state index contributed by atoms with van der Waals surface area (Å²) in [7, 11) is 2.46. The molecule has 7 heteroatoms. The van der Waals surface area contributed by atoms with E-state index in [1.807, 2.05) is 32.0 Å². The SMILES string of the molecule is COC(=O)c1cc(O[C@H](C)C(=O)Nc2cc(C)ccc2C)cc(C(=O)OC)c1. The van der Waals surface area contributed by atoms with E-state index in [0.717, 1.165) is 11.1 Å². The number of aryl methyl sites for hydroxylation is 2. The van der Waals surface area contributed by atoms with Gasteiger partial charge in [-0.1, -0.05) is 12.1 Å². The minimum absolute atomic E-state index is 0.113. The fourth-order valence-electron chi connectivity index (χ4n) is 2.50. The van der Waals surface area contributed by atoms with Crippen LogP contribution in [0.3, 0.4) is 0 Å². The number of benzene rings is 2. The molecule has 28 heavy (non-hydrogen) atoms. The fourth-order valence-corrected chi connectivity index (χ4v) is 2.50. The van der Waals surface area contributed by atoms with Gasteiger partial charge in [-0.15, -0.1) is 0 Å². The minimum atomic E-state index is -0.877. The van der Waals surface area contributed by atoms with Crippen molar-refractivity contribution >= 4 is 23.5 Å². The van der Waals surface area contributed by atoms with Gasteiger partial charge in [-0.3, -0.25) is 4.79 Å². The number of hydrogen-bond donors (Lipinski definition) is 1. The van der Waals surface area contributed by atoms with Crippen molar-refractivity contribution in [2.45, 2.75) is 26.9 Å². The van der Waals surface area contributed by atoms with Gasteiger partial charge in [0.2, 0.25) is 0 Å². The molecule has 2 aromatic carbocycles. The Morgan fingerprint density at radius 3 is 2.00 bits per heavy atom. The van der Waals surface area contributed by atoms with E-state index in [4.69, 9.17) is 4.74 Å². The molecule has 0 saturated carbocycles. The number of methoxy groups -OCH3 is 2. The molecule has 0 aliphatic rings. The number of nitrogens with one attached hydrogen (secondary N) is 1. The van der Waals surface area contributed by atoms with Crippen LogP contribution in [0.1, 0.15) is 38.8 Å². The third-order valence-electron chi connectivity index (χ3n) is 4.08. The molecule has 0 bridgehead atoms. The van der Waals surface area contributed by atoms with Gasteiger partial charge in [-0.25, -0.2) is 9.59 Å². The highest BCUT2D eigenvalue weighted by molar-refractivity contribution is 5.97. The van der Waals surface area contributed by atoms with Crippen molar-refractivity contribution in [2.75, 3.05) is 19.5 Å². The van der Waals surface area contributed by atoms with Crippen molar-refractivity contribution in [2.24, 2.45) is 0 Å². The lowest BCUT2D eigenvalue weighted by Crippen LogP contribution is -2.30. The van der Waals surface area contributed by atoms with E-state index < -0.39 is 18.0 Å². The van der Waals surface area contributed by atoms with E-state index in [2.05, 4.69) is 14.8 Å². The molecule has 1 atom stereocenters. The van der Waals surface area contributed by atoms with Crippen LogP contribution < -0.4 is 10.1 Å². The molecule has 2 aromatic rings. The van der Waals surface area contributed by atoms with Crippen LogP contribution in [0, 0.1) is 13.8 Å². The first-order chi connectivity index (χ1) is 13.2. The van der Waals surface area contributed by atoms with E-state index in [1.165, 1.54) is 32.4 Å². The van der Waals surface area contributed by atoms with Crippen molar-refractivity contribution in [3.05, 3.63) is 58.7 Å². The van der Waals surface area contributed by atoms with Gasteiger partial charge in [0, 0.05) is 5.69 Å². The summed E-state index contributed by atoms with van der Waals surface area (Å²) >= 11 is 0. The molecule has 0 aromatic heterocycles. The average molecular weight is 385 g/mol. The number of amides is 1. The second-order valence-electron chi connectivity index (χ2n) is 6.30. The van der Waals surface area contributed by atoms with Crippen LogP contribution in [0.2, 0.25) is 0 Å². The van der Waals surface area contributed by atoms with Gasteiger partial charge in [0.25, 0.3) is 5.91 Å². The van der Waals surface area contributed by atoms with Gasteiger partial charge in [0.05, 0.1) is 25.3 Å². The number of ether oxygens (including phenoxy) is 3. The first-order valence-corrected chi connectivity index (χ1v) is 8.61. The molecular formula is C21H23NO6. The van der Waals surface area contributed by atoms with Gasteiger partial charge in [-0.05, 0) is 56.2 Å².